The van der Waals surface area contributed by atoms with Crippen LogP contribution in [0.3, 0.4) is 0 Å². The molecule has 0 aromatic carbocycles. The van der Waals surface area contributed by atoms with E-state index >= 15 is 0 Å². The molecule has 1 rings (SSSR count). The molecule has 2 amide bonds. The van der Waals surface area contributed by atoms with Crippen LogP contribution in [0.1, 0.15) is 6.92 Å². The molecule has 0 bridgehead atoms. The second-order valence-corrected chi connectivity index (χ2v) is 4.54. The van der Waals surface area contributed by atoms with Gasteiger partial charge in [0.25, 0.3) is 0 Å². The van der Waals surface area contributed by atoms with Gasteiger partial charge >= 0.3 is 5.97 Å². The van der Waals surface area contributed by atoms with Gasteiger partial charge in [0.05, 0.1) is 11.6 Å². The number of carbonyl (C=O) groups is 3. The van der Waals surface area contributed by atoms with Gasteiger partial charge in [0, 0.05) is 7.05 Å². The van der Waals surface area contributed by atoms with E-state index in [4.69, 9.17) is 5.11 Å². The number of carbonyl (C=O) groups excluding carboxylic acids is 2. The molecular weight excluding hydrogens is 232 g/mol. The number of carboxylic acid groups (broad SMARTS) is 1. The summed E-state index contributed by atoms with van der Waals surface area (Å²) < 4.78 is 0. The standard InChI is InChI=1S/C9H14N2O4S/c1-6(9(14)15)10(2)7(12)3-11-5-16-4-8(11)13/h6H,3-5H2,1-2H3,(H,14,15). The Morgan fingerprint density at radius 3 is 2.69 bits per heavy atom. The molecule has 0 spiro atoms. The van der Waals surface area contributed by atoms with E-state index in [-0.39, 0.29) is 18.4 Å². The molecule has 1 atom stereocenters. The Balaban J connectivity index is 2.51. The minimum Gasteiger partial charge on any atom is -0.480 e. The highest BCUT2D eigenvalue weighted by Gasteiger charge is 2.27. The second-order valence-electron chi connectivity index (χ2n) is 3.59. The molecule has 1 N–H and O–H groups in total. The summed E-state index contributed by atoms with van der Waals surface area (Å²) in [5.41, 5.74) is 0. The van der Waals surface area contributed by atoms with Gasteiger partial charge in [0.1, 0.15) is 12.6 Å². The number of carboxylic acids is 1. The summed E-state index contributed by atoms with van der Waals surface area (Å²) in [5.74, 6) is -0.593. The molecule has 1 fully saturated rings. The zero-order chi connectivity index (χ0) is 12.3. The van der Waals surface area contributed by atoms with Crippen molar-refractivity contribution in [3.05, 3.63) is 0 Å². The normalized spacial score (nSPS) is 17.4. The van der Waals surface area contributed by atoms with Crippen LogP contribution in [-0.2, 0) is 14.4 Å². The van der Waals surface area contributed by atoms with E-state index < -0.39 is 12.0 Å². The van der Waals surface area contributed by atoms with Crippen molar-refractivity contribution in [1.82, 2.24) is 9.80 Å². The van der Waals surface area contributed by atoms with Gasteiger partial charge in [-0.05, 0) is 6.92 Å². The summed E-state index contributed by atoms with van der Waals surface area (Å²) in [6.07, 6.45) is 0. The summed E-state index contributed by atoms with van der Waals surface area (Å²) in [4.78, 5) is 36.1. The Kier molecular flexibility index (Phi) is 4.17. The van der Waals surface area contributed by atoms with E-state index in [1.165, 1.54) is 30.6 Å². The minimum atomic E-state index is -1.06. The fourth-order valence-corrected chi connectivity index (χ4v) is 2.10. The number of rotatable bonds is 4. The number of thioether (sulfide) groups is 1. The molecule has 0 radical (unpaired) electrons. The van der Waals surface area contributed by atoms with Crippen LogP contribution in [-0.4, -0.2) is 64.0 Å². The van der Waals surface area contributed by atoms with Crippen LogP contribution in [0, 0.1) is 0 Å². The van der Waals surface area contributed by atoms with Crippen LogP contribution in [0.5, 0.6) is 0 Å². The number of likely N-dealkylation sites (N-methyl/N-ethyl adjacent to an activating group) is 1. The van der Waals surface area contributed by atoms with Crippen LogP contribution in [0.25, 0.3) is 0 Å². The number of hydrogen-bond acceptors (Lipinski definition) is 4. The maximum Gasteiger partial charge on any atom is 0.326 e. The Bertz CT molecular complexity index is 321. The van der Waals surface area contributed by atoms with Crippen molar-refractivity contribution in [3.8, 4) is 0 Å². The lowest BCUT2D eigenvalue weighted by molar-refractivity contribution is -0.149. The van der Waals surface area contributed by atoms with Crippen LogP contribution in [0.15, 0.2) is 0 Å². The summed E-state index contributed by atoms with van der Waals surface area (Å²) in [6, 6.07) is -0.877. The fraction of sp³-hybridized carbons (Fsp3) is 0.667. The smallest absolute Gasteiger partial charge is 0.326 e. The minimum absolute atomic E-state index is 0.0417. The average Bonchev–Trinajstić information content (AvgIpc) is 2.62. The van der Waals surface area contributed by atoms with Gasteiger partial charge in [-0.3, -0.25) is 9.59 Å². The summed E-state index contributed by atoms with van der Waals surface area (Å²) in [7, 11) is 1.43. The Hall–Kier alpha value is -1.24. The van der Waals surface area contributed by atoms with E-state index in [0.29, 0.717) is 11.6 Å². The Labute approximate surface area is 97.6 Å². The highest BCUT2D eigenvalue weighted by Crippen LogP contribution is 2.14. The molecule has 90 valence electrons. The molecule has 0 aromatic heterocycles. The zero-order valence-electron chi connectivity index (χ0n) is 9.17. The summed E-state index contributed by atoms with van der Waals surface area (Å²) in [5, 5.41) is 8.74. The number of aliphatic carboxylic acids is 1. The molecule has 1 aliphatic heterocycles. The number of hydrogen-bond donors (Lipinski definition) is 1. The third-order valence-corrected chi connectivity index (χ3v) is 3.43. The largest absolute Gasteiger partial charge is 0.480 e. The molecule has 0 saturated carbocycles. The molecular formula is C9H14N2O4S. The Morgan fingerprint density at radius 2 is 2.25 bits per heavy atom. The molecule has 16 heavy (non-hydrogen) atoms. The quantitative estimate of drug-likeness (QED) is 0.720. The first-order valence-corrected chi connectivity index (χ1v) is 5.93. The number of nitrogens with zero attached hydrogens (tertiary/aromatic N) is 2. The molecule has 6 nitrogen and oxygen atoms in total. The van der Waals surface area contributed by atoms with Crippen LogP contribution >= 0.6 is 11.8 Å². The molecule has 0 aromatic rings. The molecule has 1 saturated heterocycles. The van der Waals surface area contributed by atoms with Crippen molar-refractivity contribution in [3.63, 3.8) is 0 Å². The van der Waals surface area contributed by atoms with Gasteiger partial charge in [-0.2, -0.15) is 0 Å². The third kappa shape index (κ3) is 2.88. The molecule has 7 heteroatoms. The highest BCUT2D eigenvalue weighted by atomic mass is 32.2. The lowest BCUT2D eigenvalue weighted by Crippen LogP contribution is -2.45. The maximum atomic E-state index is 11.6. The summed E-state index contributed by atoms with van der Waals surface area (Å²) in [6.45, 7) is 1.39. The Morgan fingerprint density at radius 1 is 1.62 bits per heavy atom. The average molecular weight is 246 g/mol. The lowest BCUT2D eigenvalue weighted by atomic mass is 10.3. The number of amides is 2. The monoisotopic (exact) mass is 246 g/mol. The van der Waals surface area contributed by atoms with E-state index in [9.17, 15) is 14.4 Å². The van der Waals surface area contributed by atoms with Gasteiger partial charge < -0.3 is 14.9 Å². The van der Waals surface area contributed by atoms with Gasteiger partial charge in [-0.1, -0.05) is 0 Å². The van der Waals surface area contributed by atoms with Crippen LogP contribution in [0.4, 0.5) is 0 Å². The fourth-order valence-electron chi connectivity index (χ4n) is 1.20. The second kappa shape index (κ2) is 5.20. The summed E-state index contributed by atoms with van der Waals surface area (Å²) >= 11 is 1.45. The van der Waals surface area contributed by atoms with Gasteiger partial charge in [0.15, 0.2) is 0 Å². The molecule has 1 aliphatic rings. The molecule has 1 unspecified atom stereocenters. The maximum absolute atomic E-state index is 11.6. The molecule has 0 aliphatic carbocycles. The van der Waals surface area contributed by atoms with Crippen molar-refractivity contribution in [1.29, 1.82) is 0 Å². The van der Waals surface area contributed by atoms with E-state index in [1.807, 2.05) is 0 Å². The third-order valence-electron chi connectivity index (χ3n) is 2.48. The van der Waals surface area contributed by atoms with Gasteiger partial charge in [-0.25, -0.2) is 4.79 Å². The van der Waals surface area contributed by atoms with Crippen LogP contribution < -0.4 is 0 Å². The zero-order valence-corrected chi connectivity index (χ0v) is 9.99. The SMILES string of the molecule is CC(C(=O)O)N(C)C(=O)CN1CSCC1=O. The van der Waals surface area contributed by atoms with E-state index in [0.717, 1.165) is 4.90 Å². The van der Waals surface area contributed by atoms with Crippen molar-refractivity contribution in [2.75, 3.05) is 25.2 Å². The van der Waals surface area contributed by atoms with Crippen LogP contribution in [0.2, 0.25) is 0 Å². The highest BCUT2D eigenvalue weighted by molar-refractivity contribution is 8.00. The van der Waals surface area contributed by atoms with Gasteiger partial charge in [0.2, 0.25) is 11.8 Å². The first-order chi connectivity index (χ1) is 7.43. The predicted molar refractivity (Wildman–Crippen MR) is 58.9 cm³/mol. The van der Waals surface area contributed by atoms with Crippen molar-refractivity contribution in [2.24, 2.45) is 0 Å². The van der Waals surface area contributed by atoms with E-state index in [2.05, 4.69) is 0 Å². The first-order valence-electron chi connectivity index (χ1n) is 4.77. The van der Waals surface area contributed by atoms with E-state index in [1.54, 1.807) is 0 Å². The lowest BCUT2D eigenvalue weighted by Gasteiger charge is -2.24. The van der Waals surface area contributed by atoms with Crippen molar-refractivity contribution in [2.45, 2.75) is 13.0 Å². The molecule has 1 heterocycles. The topological polar surface area (TPSA) is 77.9 Å². The first kappa shape index (κ1) is 12.8. The van der Waals surface area contributed by atoms with Gasteiger partial charge in [-0.15, -0.1) is 11.8 Å². The predicted octanol–water partition coefficient (Wildman–Crippen LogP) is -0.549. The van der Waals surface area contributed by atoms with Crippen molar-refractivity contribution < 1.29 is 19.5 Å². The van der Waals surface area contributed by atoms with Crippen molar-refractivity contribution >= 4 is 29.5 Å².